The number of carbonyl (C=O) groups excluding carboxylic acids is 2. The van der Waals surface area contributed by atoms with Crippen LogP contribution in [0.25, 0.3) is 0 Å². The van der Waals surface area contributed by atoms with Crippen LogP contribution in [0.15, 0.2) is 72.8 Å². The number of halogens is 1. The van der Waals surface area contributed by atoms with Gasteiger partial charge in [0.05, 0.1) is 11.3 Å². The quantitative estimate of drug-likeness (QED) is 0.568. The Hall–Kier alpha value is -3.87. The Kier molecular flexibility index (Phi) is 8.20. The molecule has 3 aromatic carbocycles. The molecule has 32 heavy (non-hydrogen) atoms. The molecule has 6 nitrogen and oxygen atoms in total. The number of nitrogens with one attached hydrogen (secondary N) is 2. The maximum absolute atomic E-state index is 13.5. The Morgan fingerprint density at radius 3 is 2.47 bits per heavy atom. The number of para-hydroxylation sites is 1. The van der Waals surface area contributed by atoms with Gasteiger partial charge in [-0.2, -0.15) is 0 Å². The Bertz CT molecular complexity index is 1040. The SMILES string of the molecule is CC(Cc1ccccc1)NC(=O)c1ccccc1F.O=CNc1cccc2c1OCCO2. The van der Waals surface area contributed by atoms with E-state index >= 15 is 0 Å². The second kappa shape index (κ2) is 11.5. The number of anilines is 1. The number of ether oxygens (including phenoxy) is 2. The van der Waals surface area contributed by atoms with Gasteiger partial charge in [-0.15, -0.1) is 0 Å². The summed E-state index contributed by atoms with van der Waals surface area (Å²) in [7, 11) is 0. The highest BCUT2D eigenvalue weighted by Crippen LogP contribution is 2.36. The average Bonchev–Trinajstić information content (AvgIpc) is 2.81. The summed E-state index contributed by atoms with van der Waals surface area (Å²) in [6.07, 6.45) is 1.34. The molecule has 0 bridgehead atoms. The topological polar surface area (TPSA) is 76.7 Å². The molecule has 3 aromatic rings. The minimum Gasteiger partial charge on any atom is -0.486 e. The van der Waals surface area contributed by atoms with E-state index < -0.39 is 5.82 Å². The van der Waals surface area contributed by atoms with E-state index in [0.717, 1.165) is 12.0 Å². The molecular weight excluding hydrogens is 411 g/mol. The van der Waals surface area contributed by atoms with Gasteiger partial charge < -0.3 is 20.1 Å². The Morgan fingerprint density at radius 2 is 1.72 bits per heavy atom. The van der Waals surface area contributed by atoms with Crippen molar-refractivity contribution < 1.29 is 23.5 Å². The van der Waals surface area contributed by atoms with Crippen LogP contribution >= 0.6 is 0 Å². The fraction of sp³-hybridized carbons (Fsp3) is 0.200. The van der Waals surface area contributed by atoms with Gasteiger partial charge in [-0.3, -0.25) is 9.59 Å². The van der Waals surface area contributed by atoms with Crippen LogP contribution in [0.4, 0.5) is 10.1 Å². The van der Waals surface area contributed by atoms with E-state index in [-0.39, 0.29) is 17.5 Å². The first-order valence-corrected chi connectivity index (χ1v) is 10.3. The van der Waals surface area contributed by atoms with E-state index in [1.165, 1.54) is 12.1 Å². The summed E-state index contributed by atoms with van der Waals surface area (Å²) in [6.45, 7) is 2.98. The molecule has 0 fully saturated rings. The van der Waals surface area contributed by atoms with Crippen molar-refractivity contribution in [2.45, 2.75) is 19.4 Å². The van der Waals surface area contributed by atoms with Gasteiger partial charge in [-0.05, 0) is 43.2 Å². The van der Waals surface area contributed by atoms with Crippen molar-refractivity contribution >= 4 is 18.0 Å². The predicted octanol–water partition coefficient (Wildman–Crippen LogP) is 4.21. The molecule has 1 unspecified atom stereocenters. The number of hydrogen-bond acceptors (Lipinski definition) is 4. The summed E-state index contributed by atoms with van der Waals surface area (Å²) in [6, 6.07) is 21.2. The largest absolute Gasteiger partial charge is 0.486 e. The summed E-state index contributed by atoms with van der Waals surface area (Å²) < 4.78 is 24.1. The number of carbonyl (C=O) groups is 2. The number of fused-ring (bicyclic) bond motifs is 1. The van der Waals surface area contributed by atoms with Crippen LogP contribution in [0.3, 0.4) is 0 Å². The van der Waals surface area contributed by atoms with E-state index in [4.69, 9.17) is 9.47 Å². The van der Waals surface area contributed by atoms with E-state index in [0.29, 0.717) is 36.8 Å². The first-order chi connectivity index (χ1) is 15.6. The highest BCUT2D eigenvalue weighted by Gasteiger charge is 2.15. The molecule has 1 heterocycles. The molecule has 0 aliphatic carbocycles. The molecule has 1 atom stereocenters. The molecule has 7 heteroatoms. The van der Waals surface area contributed by atoms with E-state index in [2.05, 4.69) is 10.6 Å². The van der Waals surface area contributed by atoms with Crippen LogP contribution in [0.5, 0.6) is 11.5 Å². The van der Waals surface area contributed by atoms with Gasteiger partial charge in [-0.1, -0.05) is 48.5 Å². The van der Waals surface area contributed by atoms with Crippen molar-refractivity contribution in [1.82, 2.24) is 5.32 Å². The Balaban J connectivity index is 0.000000193. The smallest absolute Gasteiger partial charge is 0.254 e. The van der Waals surface area contributed by atoms with Crippen molar-refractivity contribution in [3.63, 3.8) is 0 Å². The summed E-state index contributed by atoms with van der Waals surface area (Å²) in [5.41, 5.74) is 1.87. The van der Waals surface area contributed by atoms with Crippen molar-refractivity contribution in [2.75, 3.05) is 18.5 Å². The summed E-state index contributed by atoms with van der Waals surface area (Å²) in [5, 5.41) is 5.36. The second-order valence-electron chi connectivity index (χ2n) is 7.14. The van der Waals surface area contributed by atoms with Gasteiger partial charge in [0.1, 0.15) is 19.0 Å². The maximum atomic E-state index is 13.5. The van der Waals surface area contributed by atoms with Crippen molar-refractivity contribution in [2.24, 2.45) is 0 Å². The monoisotopic (exact) mass is 436 g/mol. The fourth-order valence-corrected chi connectivity index (χ4v) is 3.22. The molecule has 2 N–H and O–H groups in total. The van der Waals surface area contributed by atoms with Crippen molar-refractivity contribution in [3.05, 3.63) is 89.7 Å². The molecule has 1 aliphatic rings. The molecule has 4 rings (SSSR count). The zero-order valence-electron chi connectivity index (χ0n) is 17.7. The predicted molar refractivity (Wildman–Crippen MR) is 121 cm³/mol. The van der Waals surface area contributed by atoms with Crippen LogP contribution in [0.1, 0.15) is 22.8 Å². The summed E-state index contributed by atoms with van der Waals surface area (Å²) >= 11 is 0. The van der Waals surface area contributed by atoms with E-state index in [9.17, 15) is 14.0 Å². The summed E-state index contributed by atoms with van der Waals surface area (Å²) in [4.78, 5) is 22.2. The highest BCUT2D eigenvalue weighted by molar-refractivity contribution is 5.94. The van der Waals surface area contributed by atoms with Crippen LogP contribution in [0.2, 0.25) is 0 Å². The molecule has 166 valence electrons. The van der Waals surface area contributed by atoms with Crippen LogP contribution in [-0.2, 0) is 11.2 Å². The second-order valence-corrected chi connectivity index (χ2v) is 7.14. The van der Waals surface area contributed by atoms with Gasteiger partial charge >= 0.3 is 0 Å². The molecule has 0 saturated carbocycles. The third-order valence-corrected chi connectivity index (χ3v) is 4.66. The van der Waals surface area contributed by atoms with Gasteiger partial charge in [0.25, 0.3) is 5.91 Å². The first-order valence-electron chi connectivity index (χ1n) is 10.3. The van der Waals surface area contributed by atoms with Crippen LogP contribution in [-0.4, -0.2) is 31.6 Å². The molecule has 0 radical (unpaired) electrons. The number of hydrogen-bond donors (Lipinski definition) is 2. The fourth-order valence-electron chi connectivity index (χ4n) is 3.22. The third kappa shape index (κ3) is 6.31. The molecule has 2 amide bonds. The minimum atomic E-state index is -0.494. The van der Waals surface area contributed by atoms with Crippen molar-refractivity contribution in [3.8, 4) is 11.5 Å². The molecule has 0 spiro atoms. The lowest BCUT2D eigenvalue weighted by Gasteiger charge is -2.20. The molecule has 1 aliphatic heterocycles. The molecular formula is C25H25FN2O4. The lowest BCUT2D eigenvalue weighted by Crippen LogP contribution is -2.34. The first kappa shape index (κ1) is 22.8. The van der Waals surface area contributed by atoms with Gasteiger partial charge in [-0.25, -0.2) is 4.39 Å². The van der Waals surface area contributed by atoms with Crippen LogP contribution < -0.4 is 20.1 Å². The standard InChI is InChI=1S/C16H16FNO.C9H9NO3/c1-12(11-13-7-3-2-4-8-13)18-16(19)14-9-5-6-10-15(14)17;11-6-10-7-2-1-3-8-9(7)13-5-4-12-8/h2-10,12H,11H2,1H3,(H,18,19);1-3,6H,4-5H2,(H,10,11). The number of amides is 2. The van der Waals surface area contributed by atoms with Gasteiger partial charge in [0.2, 0.25) is 6.41 Å². The third-order valence-electron chi connectivity index (χ3n) is 4.66. The molecule has 0 saturated heterocycles. The van der Waals surface area contributed by atoms with Crippen LogP contribution in [0, 0.1) is 5.82 Å². The molecule has 0 aromatic heterocycles. The Labute approximate surface area is 186 Å². The zero-order valence-corrected chi connectivity index (χ0v) is 17.7. The lowest BCUT2D eigenvalue weighted by atomic mass is 10.1. The number of benzene rings is 3. The Morgan fingerprint density at radius 1 is 1.00 bits per heavy atom. The maximum Gasteiger partial charge on any atom is 0.254 e. The lowest BCUT2D eigenvalue weighted by molar-refractivity contribution is -0.105. The van der Waals surface area contributed by atoms with Gasteiger partial charge in [0.15, 0.2) is 11.5 Å². The van der Waals surface area contributed by atoms with Gasteiger partial charge in [0, 0.05) is 6.04 Å². The normalized spacial score (nSPS) is 12.6. The minimum absolute atomic E-state index is 0.0468. The number of rotatable bonds is 6. The van der Waals surface area contributed by atoms with Crippen molar-refractivity contribution in [1.29, 1.82) is 0 Å². The highest BCUT2D eigenvalue weighted by atomic mass is 19.1. The van der Waals surface area contributed by atoms with E-state index in [1.54, 1.807) is 24.3 Å². The average molecular weight is 436 g/mol. The summed E-state index contributed by atoms with van der Waals surface area (Å²) in [5.74, 6) is 0.424. The zero-order chi connectivity index (χ0) is 22.8. The van der Waals surface area contributed by atoms with E-state index in [1.807, 2.05) is 43.3 Å².